The molecule has 0 radical (unpaired) electrons. The van der Waals surface area contributed by atoms with Gasteiger partial charge in [-0.15, -0.1) is 0 Å². The molecule has 5 nitrogen and oxygen atoms in total. The average Bonchev–Trinajstić information content (AvgIpc) is 2.60. The number of aryl methyl sites for hydroxylation is 1. The molecule has 0 aromatic heterocycles. The molecule has 2 amide bonds. The van der Waals surface area contributed by atoms with Crippen LogP contribution in [0.5, 0.6) is 0 Å². The Labute approximate surface area is 137 Å². The predicted octanol–water partition coefficient (Wildman–Crippen LogP) is 1.54. The molecule has 23 heavy (non-hydrogen) atoms. The molecule has 0 bridgehead atoms. The van der Waals surface area contributed by atoms with E-state index in [1.54, 1.807) is 0 Å². The number of hydrogen-bond donors (Lipinski definition) is 3. The molecule has 3 unspecified atom stereocenters. The lowest BCUT2D eigenvalue weighted by molar-refractivity contribution is -0.133. The third-order valence-corrected chi connectivity index (χ3v) is 5.06. The summed E-state index contributed by atoms with van der Waals surface area (Å²) < 4.78 is 0. The molecule has 1 aliphatic heterocycles. The third kappa shape index (κ3) is 4.10. The lowest BCUT2D eigenvalue weighted by Gasteiger charge is -2.41. The molecule has 124 valence electrons. The van der Waals surface area contributed by atoms with Gasteiger partial charge in [0.15, 0.2) is 0 Å². The minimum Gasteiger partial charge on any atom is -0.354 e. The first-order valence-electron chi connectivity index (χ1n) is 8.60. The van der Waals surface area contributed by atoms with Crippen LogP contribution in [0.2, 0.25) is 0 Å². The van der Waals surface area contributed by atoms with Crippen molar-refractivity contribution in [3.63, 3.8) is 0 Å². The third-order valence-electron chi connectivity index (χ3n) is 5.06. The number of rotatable bonds is 5. The second kappa shape index (κ2) is 7.59. The molecule has 3 rings (SSSR count). The lowest BCUT2D eigenvalue weighted by Crippen LogP contribution is -2.62. The molecular weight excluding hydrogens is 290 g/mol. The summed E-state index contributed by atoms with van der Waals surface area (Å²) in [6.45, 7) is 0.578. The second-order valence-electron chi connectivity index (χ2n) is 6.58. The summed E-state index contributed by atoms with van der Waals surface area (Å²) in [7, 11) is 0. The Kier molecular flexibility index (Phi) is 5.28. The van der Waals surface area contributed by atoms with E-state index < -0.39 is 0 Å². The van der Waals surface area contributed by atoms with Gasteiger partial charge in [0.05, 0.1) is 0 Å². The van der Waals surface area contributed by atoms with Crippen molar-refractivity contribution >= 4 is 11.8 Å². The van der Waals surface area contributed by atoms with Crippen LogP contribution in [-0.4, -0.2) is 24.4 Å². The second-order valence-corrected chi connectivity index (χ2v) is 6.58. The summed E-state index contributed by atoms with van der Waals surface area (Å²) in [5.74, 6) is 0.629. The number of amides is 2. The van der Waals surface area contributed by atoms with Crippen LogP contribution < -0.4 is 16.2 Å². The van der Waals surface area contributed by atoms with Crippen molar-refractivity contribution in [1.82, 2.24) is 16.2 Å². The maximum absolute atomic E-state index is 12.1. The molecule has 3 N–H and O–H groups in total. The highest BCUT2D eigenvalue weighted by molar-refractivity contribution is 5.79. The number of fused-ring (bicyclic) bond motifs is 1. The lowest BCUT2D eigenvalue weighted by atomic mass is 9.74. The van der Waals surface area contributed by atoms with Crippen molar-refractivity contribution in [3.8, 4) is 0 Å². The van der Waals surface area contributed by atoms with E-state index in [1.807, 2.05) is 30.3 Å². The molecule has 2 fully saturated rings. The molecular formula is C18H25N3O2. The summed E-state index contributed by atoms with van der Waals surface area (Å²) in [6, 6.07) is 10.2. The Morgan fingerprint density at radius 2 is 1.96 bits per heavy atom. The molecule has 0 spiro atoms. The summed E-state index contributed by atoms with van der Waals surface area (Å²) in [4.78, 5) is 24.0. The van der Waals surface area contributed by atoms with Gasteiger partial charge in [0.2, 0.25) is 11.8 Å². The Hall–Kier alpha value is -1.88. The van der Waals surface area contributed by atoms with Gasteiger partial charge in [-0.3, -0.25) is 15.0 Å². The van der Waals surface area contributed by atoms with Crippen LogP contribution in [0.25, 0.3) is 0 Å². The number of benzene rings is 1. The monoisotopic (exact) mass is 315 g/mol. The first kappa shape index (κ1) is 16.0. The van der Waals surface area contributed by atoms with Gasteiger partial charge in [-0.1, -0.05) is 43.2 Å². The van der Waals surface area contributed by atoms with Gasteiger partial charge in [0, 0.05) is 24.9 Å². The molecule has 1 aromatic carbocycles. The highest BCUT2D eigenvalue weighted by atomic mass is 16.2. The predicted molar refractivity (Wildman–Crippen MR) is 88.3 cm³/mol. The van der Waals surface area contributed by atoms with Crippen LogP contribution >= 0.6 is 0 Å². The molecule has 3 atom stereocenters. The molecule has 1 aromatic rings. The molecule has 1 aliphatic carbocycles. The van der Waals surface area contributed by atoms with Crippen LogP contribution in [0.4, 0.5) is 0 Å². The molecule has 5 heteroatoms. The number of carbonyl (C=O) groups is 2. The molecule has 1 saturated carbocycles. The molecule has 1 saturated heterocycles. The molecule has 2 aliphatic rings. The SMILES string of the molecule is O=C(CCc1ccccc1)NCC1NNC(=O)C2CCCCC12. The smallest absolute Gasteiger partial charge is 0.237 e. The summed E-state index contributed by atoms with van der Waals surface area (Å²) >= 11 is 0. The van der Waals surface area contributed by atoms with Crippen LogP contribution in [0.3, 0.4) is 0 Å². The Morgan fingerprint density at radius 1 is 1.17 bits per heavy atom. The highest BCUT2D eigenvalue weighted by Gasteiger charge is 2.39. The van der Waals surface area contributed by atoms with E-state index in [0.717, 1.165) is 25.7 Å². The Balaban J connectivity index is 1.45. The topological polar surface area (TPSA) is 70.2 Å². The van der Waals surface area contributed by atoms with Gasteiger partial charge in [0.25, 0.3) is 0 Å². The van der Waals surface area contributed by atoms with Crippen LogP contribution in [0.15, 0.2) is 30.3 Å². The van der Waals surface area contributed by atoms with Crippen molar-refractivity contribution in [1.29, 1.82) is 0 Å². The van der Waals surface area contributed by atoms with Gasteiger partial charge in [-0.05, 0) is 30.7 Å². The summed E-state index contributed by atoms with van der Waals surface area (Å²) in [6.07, 6.45) is 5.59. The van der Waals surface area contributed by atoms with Crippen molar-refractivity contribution in [3.05, 3.63) is 35.9 Å². The summed E-state index contributed by atoms with van der Waals surface area (Å²) in [5, 5.41) is 3.02. The van der Waals surface area contributed by atoms with Crippen molar-refractivity contribution in [2.24, 2.45) is 11.8 Å². The van der Waals surface area contributed by atoms with E-state index in [-0.39, 0.29) is 23.8 Å². The van der Waals surface area contributed by atoms with E-state index >= 15 is 0 Å². The van der Waals surface area contributed by atoms with Gasteiger partial charge >= 0.3 is 0 Å². The fraction of sp³-hybridized carbons (Fsp3) is 0.556. The minimum absolute atomic E-state index is 0.0694. The van der Waals surface area contributed by atoms with Crippen LogP contribution in [0.1, 0.15) is 37.7 Å². The fourth-order valence-corrected chi connectivity index (χ4v) is 3.75. The van der Waals surface area contributed by atoms with Crippen LogP contribution in [0, 0.1) is 11.8 Å². The summed E-state index contributed by atoms with van der Waals surface area (Å²) in [5.41, 5.74) is 7.03. The number of hydrazine groups is 1. The zero-order valence-corrected chi connectivity index (χ0v) is 13.4. The standard InChI is InChI=1S/C18H25N3O2/c22-17(11-10-13-6-2-1-3-7-13)19-12-16-14-8-4-5-9-15(14)18(23)21-20-16/h1-3,6-7,14-16,20H,4-5,8-12H2,(H,19,22)(H,21,23). The fourth-order valence-electron chi connectivity index (χ4n) is 3.75. The Bertz CT molecular complexity index is 546. The van der Waals surface area contributed by atoms with E-state index in [9.17, 15) is 9.59 Å². The largest absolute Gasteiger partial charge is 0.354 e. The van der Waals surface area contributed by atoms with E-state index in [1.165, 1.54) is 12.0 Å². The van der Waals surface area contributed by atoms with Gasteiger partial charge in [0.1, 0.15) is 0 Å². The van der Waals surface area contributed by atoms with E-state index in [2.05, 4.69) is 16.2 Å². The maximum atomic E-state index is 12.1. The van der Waals surface area contributed by atoms with E-state index in [4.69, 9.17) is 0 Å². The first-order chi connectivity index (χ1) is 11.2. The Morgan fingerprint density at radius 3 is 2.78 bits per heavy atom. The number of carbonyl (C=O) groups excluding carboxylic acids is 2. The number of hydrogen-bond acceptors (Lipinski definition) is 3. The average molecular weight is 315 g/mol. The van der Waals surface area contributed by atoms with Gasteiger partial charge in [-0.2, -0.15) is 0 Å². The minimum atomic E-state index is 0.0694. The zero-order valence-electron chi connectivity index (χ0n) is 13.4. The molecule has 1 heterocycles. The normalized spacial score (nSPS) is 27.0. The highest BCUT2D eigenvalue weighted by Crippen LogP contribution is 2.34. The maximum Gasteiger partial charge on any atom is 0.237 e. The van der Waals surface area contributed by atoms with Crippen molar-refractivity contribution < 1.29 is 9.59 Å². The number of nitrogens with one attached hydrogen (secondary N) is 3. The zero-order chi connectivity index (χ0) is 16.1. The van der Waals surface area contributed by atoms with Crippen molar-refractivity contribution in [2.75, 3.05) is 6.54 Å². The quantitative estimate of drug-likeness (QED) is 0.772. The van der Waals surface area contributed by atoms with Crippen LogP contribution in [-0.2, 0) is 16.0 Å². The van der Waals surface area contributed by atoms with Gasteiger partial charge in [-0.25, -0.2) is 5.43 Å². The first-order valence-corrected chi connectivity index (χ1v) is 8.60. The van der Waals surface area contributed by atoms with Gasteiger partial charge < -0.3 is 5.32 Å². The van der Waals surface area contributed by atoms with E-state index in [0.29, 0.717) is 18.9 Å². The van der Waals surface area contributed by atoms with Crippen molar-refractivity contribution in [2.45, 2.75) is 44.6 Å².